The molecular formula is C9H20IN3O2. The first-order valence-corrected chi connectivity index (χ1v) is 4.96. The lowest BCUT2D eigenvalue weighted by molar-refractivity contribution is 0.0748. The summed E-state index contributed by atoms with van der Waals surface area (Å²) in [6.07, 6.45) is 2.42. The molecule has 1 fully saturated rings. The van der Waals surface area contributed by atoms with E-state index in [1.165, 1.54) is 12.8 Å². The van der Waals surface area contributed by atoms with Crippen LogP contribution in [-0.2, 0) is 9.47 Å². The minimum Gasteiger partial charge on any atom is -0.382 e. The number of nitrogens with zero attached hydrogens (tertiary/aromatic N) is 1. The van der Waals surface area contributed by atoms with Crippen LogP contribution in [0.4, 0.5) is 0 Å². The molecule has 3 N–H and O–H groups in total. The molecule has 1 aliphatic rings. The molecule has 90 valence electrons. The Morgan fingerprint density at radius 3 is 2.73 bits per heavy atom. The van der Waals surface area contributed by atoms with Crippen LogP contribution in [0.3, 0.4) is 0 Å². The first-order chi connectivity index (χ1) is 6.83. The summed E-state index contributed by atoms with van der Waals surface area (Å²) in [7, 11) is 1.65. The number of hydrogen-bond donors (Lipinski definition) is 2. The normalized spacial score (nSPS) is 15.9. The number of halogens is 1. The number of nitrogens with one attached hydrogen (secondary N) is 1. The summed E-state index contributed by atoms with van der Waals surface area (Å²) >= 11 is 0. The summed E-state index contributed by atoms with van der Waals surface area (Å²) in [6, 6.07) is 0.563. The number of ether oxygens (including phenoxy) is 2. The van der Waals surface area contributed by atoms with E-state index in [9.17, 15) is 0 Å². The van der Waals surface area contributed by atoms with Crippen LogP contribution in [0.25, 0.3) is 0 Å². The van der Waals surface area contributed by atoms with Gasteiger partial charge in [0.05, 0.1) is 26.4 Å². The molecule has 0 bridgehead atoms. The molecule has 0 unspecified atom stereocenters. The van der Waals surface area contributed by atoms with Crippen LogP contribution in [-0.4, -0.2) is 45.5 Å². The average molecular weight is 329 g/mol. The zero-order chi connectivity index (χ0) is 10.2. The van der Waals surface area contributed by atoms with Gasteiger partial charge in [-0.3, -0.25) is 4.99 Å². The summed E-state index contributed by atoms with van der Waals surface area (Å²) in [5.74, 6) is 0.530. The van der Waals surface area contributed by atoms with Crippen LogP contribution in [0.1, 0.15) is 12.8 Å². The van der Waals surface area contributed by atoms with Crippen LogP contribution in [0.2, 0.25) is 0 Å². The Hall–Kier alpha value is -0.0800. The molecule has 0 aromatic rings. The van der Waals surface area contributed by atoms with E-state index in [0.717, 1.165) is 0 Å². The van der Waals surface area contributed by atoms with E-state index in [1.807, 2.05) is 0 Å². The molecule has 0 saturated heterocycles. The Morgan fingerprint density at radius 1 is 1.40 bits per heavy atom. The molecule has 0 aromatic heterocycles. The smallest absolute Gasteiger partial charge is 0.188 e. The highest BCUT2D eigenvalue weighted by Crippen LogP contribution is 2.17. The SMILES string of the molecule is COCCOCCN=C(N)NC1CC1.I. The van der Waals surface area contributed by atoms with Crippen molar-refractivity contribution in [2.45, 2.75) is 18.9 Å². The molecular weight excluding hydrogens is 309 g/mol. The molecule has 0 radical (unpaired) electrons. The van der Waals surface area contributed by atoms with Crippen LogP contribution in [0.15, 0.2) is 4.99 Å². The maximum atomic E-state index is 5.61. The van der Waals surface area contributed by atoms with E-state index >= 15 is 0 Å². The van der Waals surface area contributed by atoms with E-state index in [4.69, 9.17) is 15.2 Å². The number of hydrogen-bond acceptors (Lipinski definition) is 3. The molecule has 0 spiro atoms. The quantitative estimate of drug-likeness (QED) is 0.306. The second-order valence-corrected chi connectivity index (χ2v) is 3.29. The highest BCUT2D eigenvalue weighted by molar-refractivity contribution is 14.0. The molecule has 1 rings (SSSR count). The highest BCUT2D eigenvalue weighted by atomic mass is 127. The molecule has 5 nitrogen and oxygen atoms in total. The zero-order valence-corrected chi connectivity index (χ0v) is 11.4. The fraction of sp³-hybridized carbons (Fsp3) is 0.889. The Labute approximate surface area is 108 Å². The fourth-order valence-corrected chi connectivity index (χ4v) is 0.957. The van der Waals surface area contributed by atoms with Gasteiger partial charge in [0.2, 0.25) is 0 Å². The topological polar surface area (TPSA) is 68.9 Å². The lowest BCUT2D eigenvalue weighted by atomic mass is 10.6. The van der Waals surface area contributed by atoms with Gasteiger partial charge in [-0.25, -0.2) is 0 Å². The van der Waals surface area contributed by atoms with Crippen LogP contribution in [0.5, 0.6) is 0 Å². The molecule has 0 amide bonds. The molecule has 15 heavy (non-hydrogen) atoms. The van der Waals surface area contributed by atoms with Crippen molar-refractivity contribution in [1.29, 1.82) is 0 Å². The summed E-state index contributed by atoms with van der Waals surface area (Å²) in [5.41, 5.74) is 5.61. The van der Waals surface area contributed by atoms with Gasteiger partial charge < -0.3 is 20.5 Å². The van der Waals surface area contributed by atoms with E-state index in [-0.39, 0.29) is 24.0 Å². The number of methoxy groups -OCH3 is 1. The summed E-state index contributed by atoms with van der Waals surface area (Å²) in [6.45, 7) is 2.44. The molecule has 0 aliphatic heterocycles. The Balaban J connectivity index is 0.00000196. The van der Waals surface area contributed by atoms with Gasteiger partial charge in [0, 0.05) is 13.2 Å². The van der Waals surface area contributed by atoms with Gasteiger partial charge in [-0.15, -0.1) is 24.0 Å². The van der Waals surface area contributed by atoms with Crippen LogP contribution >= 0.6 is 24.0 Å². The average Bonchev–Trinajstić information content (AvgIpc) is 2.95. The van der Waals surface area contributed by atoms with Crippen molar-refractivity contribution >= 4 is 29.9 Å². The van der Waals surface area contributed by atoms with Crippen LogP contribution in [0, 0.1) is 0 Å². The van der Waals surface area contributed by atoms with Crippen molar-refractivity contribution in [2.75, 3.05) is 33.5 Å². The molecule has 0 heterocycles. The van der Waals surface area contributed by atoms with Gasteiger partial charge in [0.1, 0.15) is 0 Å². The molecule has 6 heteroatoms. The lowest BCUT2D eigenvalue weighted by Gasteiger charge is -2.03. The maximum Gasteiger partial charge on any atom is 0.188 e. The fourth-order valence-electron chi connectivity index (χ4n) is 0.957. The third-order valence-electron chi connectivity index (χ3n) is 1.88. The minimum atomic E-state index is 0. The first-order valence-electron chi connectivity index (χ1n) is 4.96. The Bertz CT molecular complexity index is 186. The number of nitrogens with two attached hydrogens (primary N) is 1. The van der Waals surface area contributed by atoms with Crippen molar-refractivity contribution in [2.24, 2.45) is 10.7 Å². The maximum absolute atomic E-state index is 5.61. The van der Waals surface area contributed by atoms with Crippen molar-refractivity contribution in [3.8, 4) is 0 Å². The third kappa shape index (κ3) is 8.88. The van der Waals surface area contributed by atoms with Gasteiger partial charge in [0.25, 0.3) is 0 Å². The second kappa shape index (κ2) is 9.17. The third-order valence-corrected chi connectivity index (χ3v) is 1.88. The van der Waals surface area contributed by atoms with Crippen LogP contribution < -0.4 is 11.1 Å². The monoisotopic (exact) mass is 329 g/mol. The molecule has 1 aliphatic carbocycles. The predicted octanol–water partition coefficient (Wildman–Crippen LogP) is 0.334. The standard InChI is InChI=1S/C9H19N3O2.HI/c1-13-6-7-14-5-4-11-9(10)12-8-2-3-8;/h8H,2-7H2,1H3,(H3,10,11,12);1H. The second-order valence-electron chi connectivity index (χ2n) is 3.29. The molecule has 1 saturated carbocycles. The molecule has 0 atom stereocenters. The largest absolute Gasteiger partial charge is 0.382 e. The first kappa shape index (κ1) is 14.9. The van der Waals surface area contributed by atoms with E-state index < -0.39 is 0 Å². The number of rotatable bonds is 7. The van der Waals surface area contributed by atoms with Crippen molar-refractivity contribution in [3.05, 3.63) is 0 Å². The van der Waals surface area contributed by atoms with Crippen molar-refractivity contribution < 1.29 is 9.47 Å². The predicted molar refractivity (Wildman–Crippen MR) is 70.8 cm³/mol. The van der Waals surface area contributed by atoms with E-state index in [0.29, 0.717) is 38.4 Å². The summed E-state index contributed by atoms with van der Waals surface area (Å²) in [4.78, 5) is 4.12. The van der Waals surface area contributed by atoms with E-state index in [1.54, 1.807) is 7.11 Å². The number of aliphatic imine (C=N–C) groups is 1. The summed E-state index contributed by atoms with van der Waals surface area (Å²) in [5, 5.41) is 3.10. The zero-order valence-electron chi connectivity index (χ0n) is 9.07. The van der Waals surface area contributed by atoms with Crippen molar-refractivity contribution in [3.63, 3.8) is 0 Å². The number of guanidine groups is 1. The Kier molecular flexibility index (Phi) is 9.12. The molecule has 0 aromatic carbocycles. The van der Waals surface area contributed by atoms with Gasteiger partial charge in [0.15, 0.2) is 5.96 Å². The van der Waals surface area contributed by atoms with Gasteiger partial charge in [-0.1, -0.05) is 0 Å². The highest BCUT2D eigenvalue weighted by Gasteiger charge is 2.21. The minimum absolute atomic E-state index is 0. The van der Waals surface area contributed by atoms with E-state index in [2.05, 4.69) is 10.3 Å². The summed E-state index contributed by atoms with van der Waals surface area (Å²) < 4.78 is 10.1. The van der Waals surface area contributed by atoms with Gasteiger partial charge >= 0.3 is 0 Å². The van der Waals surface area contributed by atoms with Gasteiger partial charge in [-0.2, -0.15) is 0 Å². The van der Waals surface area contributed by atoms with Gasteiger partial charge in [-0.05, 0) is 12.8 Å². The lowest BCUT2D eigenvalue weighted by Crippen LogP contribution is -2.33. The Morgan fingerprint density at radius 2 is 2.13 bits per heavy atom. The van der Waals surface area contributed by atoms with Crippen molar-refractivity contribution in [1.82, 2.24) is 5.32 Å².